The standard InChI is InChI=1S/C16H18BrFN2/c1-20(11-12-4-2-5-13(17)10-12)16-7-3-6-15(18)14(16)8-9-19/h2-7,10H,8-9,11,19H2,1H3. The third kappa shape index (κ3) is 3.58. The first kappa shape index (κ1) is 15.0. The van der Waals surface area contributed by atoms with Crippen molar-refractivity contribution in [3.05, 3.63) is 63.9 Å². The normalized spacial score (nSPS) is 10.6. The van der Waals surface area contributed by atoms with E-state index in [1.165, 1.54) is 11.6 Å². The van der Waals surface area contributed by atoms with Crippen LogP contribution in [0.15, 0.2) is 46.9 Å². The highest BCUT2D eigenvalue weighted by atomic mass is 79.9. The number of hydrogen-bond donors (Lipinski definition) is 1. The number of nitrogens with two attached hydrogens (primary N) is 1. The molecule has 20 heavy (non-hydrogen) atoms. The maximum absolute atomic E-state index is 13.9. The first-order chi connectivity index (χ1) is 9.61. The molecule has 0 aliphatic rings. The Kier molecular flexibility index (Phi) is 5.15. The number of halogens is 2. The van der Waals surface area contributed by atoms with Crippen molar-refractivity contribution in [3.63, 3.8) is 0 Å². The molecule has 2 N–H and O–H groups in total. The summed E-state index contributed by atoms with van der Waals surface area (Å²) in [6.07, 6.45) is 0.546. The quantitative estimate of drug-likeness (QED) is 0.901. The van der Waals surface area contributed by atoms with Crippen molar-refractivity contribution in [1.82, 2.24) is 0 Å². The maximum Gasteiger partial charge on any atom is 0.128 e. The van der Waals surface area contributed by atoms with Crippen LogP contribution in [0.1, 0.15) is 11.1 Å². The molecule has 0 heterocycles. The van der Waals surface area contributed by atoms with Gasteiger partial charge in [-0.3, -0.25) is 0 Å². The minimum absolute atomic E-state index is 0.186. The van der Waals surface area contributed by atoms with Gasteiger partial charge in [0, 0.05) is 29.3 Å². The second kappa shape index (κ2) is 6.86. The summed E-state index contributed by atoms with van der Waals surface area (Å²) in [7, 11) is 1.97. The molecule has 0 radical (unpaired) electrons. The number of nitrogens with zero attached hydrogens (tertiary/aromatic N) is 1. The van der Waals surface area contributed by atoms with E-state index in [0.717, 1.165) is 16.7 Å². The summed E-state index contributed by atoms with van der Waals surface area (Å²) in [6.45, 7) is 1.17. The number of hydrogen-bond acceptors (Lipinski definition) is 2. The van der Waals surface area contributed by atoms with E-state index >= 15 is 0 Å². The van der Waals surface area contributed by atoms with Gasteiger partial charge in [0.15, 0.2) is 0 Å². The lowest BCUT2D eigenvalue weighted by Crippen LogP contribution is -2.19. The molecule has 0 spiro atoms. The molecule has 2 aromatic rings. The van der Waals surface area contributed by atoms with E-state index in [4.69, 9.17) is 5.73 Å². The number of rotatable bonds is 5. The van der Waals surface area contributed by atoms with E-state index in [1.54, 1.807) is 6.07 Å². The van der Waals surface area contributed by atoms with E-state index in [0.29, 0.717) is 18.5 Å². The second-order valence-electron chi connectivity index (χ2n) is 4.76. The van der Waals surface area contributed by atoms with E-state index in [2.05, 4.69) is 33.0 Å². The van der Waals surface area contributed by atoms with Crippen molar-refractivity contribution < 1.29 is 4.39 Å². The molecule has 2 rings (SSSR count). The van der Waals surface area contributed by atoms with Crippen LogP contribution < -0.4 is 10.6 Å². The Morgan fingerprint density at radius 2 is 1.95 bits per heavy atom. The molecule has 0 atom stereocenters. The number of anilines is 1. The summed E-state index contributed by atoms with van der Waals surface area (Å²) in [6, 6.07) is 13.3. The summed E-state index contributed by atoms with van der Waals surface area (Å²) in [5, 5.41) is 0. The summed E-state index contributed by atoms with van der Waals surface area (Å²) < 4.78 is 15.0. The van der Waals surface area contributed by atoms with Gasteiger partial charge >= 0.3 is 0 Å². The van der Waals surface area contributed by atoms with Gasteiger partial charge in [-0.15, -0.1) is 0 Å². The van der Waals surface area contributed by atoms with Crippen molar-refractivity contribution in [2.75, 3.05) is 18.5 Å². The van der Waals surface area contributed by atoms with Crippen LogP contribution in [-0.4, -0.2) is 13.6 Å². The van der Waals surface area contributed by atoms with Crippen LogP contribution in [0.2, 0.25) is 0 Å². The molecule has 0 fully saturated rings. The molecule has 0 aliphatic heterocycles. The first-order valence-corrected chi connectivity index (χ1v) is 7.34. The fraction of sp³-hybridized carbons (Fsp3) is 0.250. The molecule has 0 aliphatic carbocycles. The number of benzene rings is 2. The van der Waals surface area contributed by atoms with Crippen molar-refractivity contribution >= 4 is 21.6 Å². The predicted molar refractivity (Wildman–Crippen MR) is 85.4 cm³/mol. The van der Waals surface area contributed by atoms with Crippen LogP contribution >= 0.6 is 15.9 Å². The van der Waals surface area contributed by atoms with Crippen LogP contribution in [0.25, 0.3) is 0 Å². The lowest BCUT2D eigenvalue weighted by Gasteiger charge is -2.23. The van der Waals surface area contributed by atoms with E-state index < -0.39 is 0 Å². The van der Waals surface area contributed by atoms with Crippen molar-refractivity contribution in [2.45, 2.75) is 13.0 Å². The molecular formula is C16H18BrFN2. The highest BCUT2D eigenvalue weighted by Crippen LogP contribution is 2.24. The molecule has 2 nitrogen and oxygen atoms in total. The van der Waals surface area contributed by atoms with Gasteiger partial charge in [-0.05, 0) is 42.8 Å². The van der Waals surface area contributed by atoms with Gasteiger partial charge in [-0.25, -0.2) is 4.39 Å². The van der Waals surface area contributed by atoms with Crippen molar-refractivity contribution in [3.8, 4) is 0 Å². The molecule has 0 aromatic heterocycles. The van der Waals surface area contributed by atoms with Crippen LogP contribution in [0.5, 0.6) is 0 Å². The Morgan fingerprint density at radius 3 is 2.65 bits per heavy atom. The van der Waals surface area contributed by atoms with Gasteiger partial charge in [0.25, 0.3) is 0 Å². The molecule has 0 amide bonds. The highest BCUT2D eigenvalue weighted by molar-refractivity contribution is 9.10. The first-order valence-electron chi connectivity index (χ1n) is 6.55. The van der Waals surface area contributed by atoms with Crippen LogP contribution in [0, 0.1) is 5.82 Å². The highest BCUT2D eigenvalue weighted by Gasteiger charge is 2.11. The summed E-state index contributed by atoms with van der Waals surface area (Å²) in [4.78, 5) is 2.05. The predicted octanol–water partition coefficient (Wildman–Crippen LogP) is 3.73. The Labute approximate surface area is 127 Å². The fourth-order valence-electron chi connectivity index (χ4n) is 2.29. The monoisotopic (exact) mass is 336 g/mol. The van der Waals surface area contributed by atoms with E-state index in [9.17, 15) is 4.39 Å². The Bertz CT molecular complexity index is 586. The summed E-state index contributed by atoms with van der Waals surface area (Å²) in [5.74, 6) is -0.186. The lowest BCUT2D eigenvalue weighted by molar-refractivity contribution is 0.608. The molecular weight excluding hydrogens is 319 g/mol. The smallest absolute Gasteiger partial charge is 0.128 e. The van der Waals surface area contributed by atoms with Crippen molar-refractivity contribution in [1.29, 1.82) is 0 Å². The second-order valence-corrected chi connectivity index (χ2v) is 5.68. The van der Waals surface area contributed by atoms with Crippen LogP contribution in [0.4, 0.5) is 10.1 Å². The minimum Gasteiger partial charge on any atom is -0.370 e. The SMILES string of the molecule is CN(Cc1cccc(Br)c1)c1cccc(F)c1CCN. The maximum atomic E-state index is 13.9. The topological polar surface area (TPSA) is 29.3 Å². The van der Waals surface area contributed by atoms with Crippen molar-refractivity contribution in [2.24, 2.45) is 5.73 Å². The molecule has 2 aromatic carbocycles. The van der Waals surface area contributed by atoms with Gasteiger partial charge in [0.2, 0.25) is 0 Å². The minimum atomic E-state index is -0.186. The summed E-state index contributed by atoms with van der Waals surface area (Å²) >= 11 is 3.46. The zero-order valence-corrected chi connectivity index (χ0v) is 13.0. The lowest BCUT2D eigenvalue weighted by atomic mass is 10.1. The van der Waals surface area contributed by atoms with Crippen LogP contribution in [-0.2, 0) is 13.0 Å². The zero-order chi connectivity index (χ0) is 14.5. The average molecular weight is 337 g/mol. The third-order valence-corrected chi connectivity index (χ3v) is 3.70. The summed E-state index contributed by atoms with van der Waals surface area (Å²) in [5.41, 5.74) is 8.34. The van der Waals surface area contributed by atoms with Crippen LogP contribution in [0.3, 0.4) is 0 Å². The average Bonchev–Trinajstić information content (AvgIpc) is 2.41. The van der Waals surface area contributed by atoms with Gasteiger partial charge < -0.3 is 10.6 Å². The van der Waals surface area contributed by atoms with Gasteiger partial charge in [0.05, 0.1) is 0 Å². The zero-order valence-electron chi connectivity index (χ0n) is 11.4. The van der Waals surface area contributed by atoms with Gasteiger partial charge in [0.1, 0.15) is 5.82 Å². The molecule has 4 heteroatoms. The Morgan fingerprint density at radius 1 is 1.20 bits per heavy atom. The fourth-order valence-corrected chi connectivity index (χ4v) is 2.74. The third-order valence-electron chi connectivity index (χ3n) is 3.21. The largest absolute Gasteiger partial charge is 0.370 e. The van der Waals surface area contributed by atoms with Gasteiger partial charge in [-0.1, -0.05) is 34.1 Å². The molecule has 0 saturated heterocycles. The van der Waals surface area contributed by atoms with Gasteiger partial charge in [-0.2, -0.15) is 0 Å². The Balaban J connectivity index is 2.25. The van der Waals surface area contributed by atoms with E-state index in [-0.39, 0.29) is 5.82 Å². The molecule has 0 unspecified atom stereocenters. The van der Waals surface area contributed by atoms with E-state index in [1.807, 2.05) is 25.2 Å². The molecule has 106 valence electrons. The molecule has 0 bridgehead atoms. The molecule has 0 saturated carbocycles. The Hall–Kier alpha value is -1.39.